The van der Waals surface area contributed by atoms with Crippen LogP contribution < -0.4 is 5.32 Å². The maximum atomic E-state index is 5.95. The van der Waals surface area contributed by atoms with Crippen LogP contribution in [0, 0.1) is 0 Å². The lowest BCUT2D eigenvalue weighted by Gasteiger charge is -2.27. The van der Waals surface area contributed by atoms with Gasteiger partial charge in [-0.15, -0.1) is 0 Å². The molecule has 0 spiro atoms. The molecule has 1 N–H and O–H groups in total. The second kappa shape index (κ2) is 3.21. The molecule has 4 heteroatoms. The molecule has 0 amide bonds. The Morgan fingerprint density at radius 3 is 2.75 bits per heavy atom. The van der Waals surface area contributed by atoms with Gasteiger partial charge in [0.15, 0.2) is 0 Å². The molecule has 1 aliphatic rings. The van der Waals surface area contributed by atoms with E-state index in [4.69, 9.17) is 23.2 Å². The van der Waals surface area contributed by atoms with Gasteiger partial charge in [-0.3, -0.25) is 4.98 Å². The van der Waals surface area contributed by atoms with Crippen molar-refractivity contribution in [1.29, 1.82) is 0 Å². The molecule has 1 aromatic heterocycles. The lowest BCUT2D eigenvalue weighted by atomic mass is 10.0. The van der Waals surface area contributed by atoms with Crippen LogP contribution in [0.15, 0.2) is 12.3 Å². The normalized spacial score (nSPS) is 22.0. The maximum absolute atomic E-state index is 5.95. The van der Waals surface area contributed by atoms with E-state index in [1.54, 1.807) is 12.3 Å². The van der Waals surface area contributed by atoms with Crippen molar-refractivity contribution < 1.29 is 0 Å². The first-order valence-corrected chi connectivity index (χ1v) is 4.57. The Balaban J connectivity index is 2.31. The summed E-state index contributed by atoms with van der Waals surface area (Å²) in [7, 11) is 0. The highest BCUT2D eigenvalue weighted by Gasteiger charge is 2.22. The Morgan fingerprint density at radius 2 is 2.25 bits per heavy atom. The quantitative estimate of drug-likeness (QED) is 0.758. The van der Waals surface area contributed by atoms with Crippen LogP contribution in [-0.2, 0) is 0 Å². The zero-order valence-electron chi connectivity index (χ0n) is 6.35. The minimum absolute atomic E-state index is 0.328. The molecule has 1 aromatic rings. The van der Waals surface area contributed by atoms with Gasteiger partial charge in [0, 0.05) is 6.20 Å². The second-order valence-corrected chi connectivity index (χ2v) is 3.66. The number of pyridine rings is 1. The average Bonchev–Trinajstić information content (AvgIpc) is 1.91. The number of hydrogen-bond donors (Lipinski definition) is 1. The van der Waals surface area contributed by atoms with Crippen LogP contribution in [0.25, 0.3) is 0 Å². The average molecular weight is 203 g/mol. The monoisotopic (exact) mass is 202 g/mol. The van der Waals surface area contributed by atoms with Gasteiger partial charge in [0.2, 0.25) is 0 Å². The number of nitrogens with one attached hydrogen (secondary N) is 1. The van der Waals surface area contributed by atoms with E-state index in [0.717, 1.165) is 18.7 Å². The van der Waals surface area contributed by atoms with E-state index in [1.165, 1.54) is 0 Å². The van der Waals surface area contributed by atoms with Crippen LogP contribution in [0.3, 0.4) is 0 Å². The van der Waals surface area contributed by atoms with E-state index in [9.17, 15) is 0 Å². The van der Waals surface area contributed by atoms with Gasteiger partial charge in [0.05, 0.1) is 21.8 Å². The van der Waals surface area contributed by atoms with E-state index in [1.807, 2.05) is 0 Å². The van der Waals surface area contributed by atoms with Crippen LogP contribution in [0.5, 0.6) is 0 Å². The SMILES string of the molecule is Clc1cnc([C@@H]2CCN2)c(Cl)c1. The topological polar surface area (TPSA) is 24.9 Å². The van der Waals surface area contributed by atoms with Crippen molar-refractivity contribution >= 4 is 23.2 Å². The minimum atomic E-state index is 0.328. The minimum Gasteiger partial charge on any atom is -0.308 e. The molecule has 0 saturated carbocycles. The third-order valence-corrected chi connectivity index (χ3v) is 2.50. The Bertz CT molecular complexity index is 297. The van der Waals surface area contributed by atoms with Gasteiger partial charge >= 0.3 is 0 Å². The summed E-state index contributed by atoms with van der Waals surface area (Å²) in [6.45, 7) is 1.05. The highest BCUT2D eigenvalue weighted by Crippen LogP contribution is 2.28. The van der Waals surface area contributed by atoms with Crippen LogP contribution in [0.4, 0.5) is 0 Å². The lowest BCUT2D eigenvalue weighted by molar-refractivity contribution is 0.375. The summed E-state index contributed by atoms with van der Waals surface area (Å²) >= 11 is 11.7. The number of aromatic nitrogens is 1. The van der Waals surface area contributed by atoms with Crippen molar-refractivity contribution in [2.24, 2.45) is 0 Å². The molecule has 2 nitrogen and oxygen atoms in total. The number of rotatable bonds is 1. The Morgan fingerprint density at radius 1 is 1.50 bits per heavy atom. The van der Waals surface area contributed by atoms with E-state index in [0.29, 0.717) is 16.1 Å². The highest BCUT2D eigenvalue weighted by atomic mass is 35.5. The molecule has 12 heavy (non-hydrogen) atoms. The first-order valence-electron chi connectivity index (χ1n) is 3.81. The summed E-state index contributed by atoms with van der Waals surface area (Å²) in [5.41, 5.74) is 0.910. The van der Waals surface area contributed by atoms with Gasteiger partial charge < -0.3 is 5.32 Å². The van der Waals surface area contributed by atoms with Crippen LogP contribution in [-0.4, -0.2) is 11.5 Å². The third kappa shape index (κ3) is 1.42. The zero-order chi connectivity index (χ0) is 8.55. The number of hydrogen-bond acceptors (Lipinski definition) is 2. The zero-order valence-corrected chi connectivity index (χ0v) is 7.86. The molecule has 1 atom stereocenters. The molecule has 0 radical (unpaired) electrons. The first kappa shape index (κ1) is 8.30. The number of nitrogens with zero attached hydrogens (tertiary/aromatic N) is 1. The fourth-order valence-electron chi connectivity index (χ4n) is 1.20. The molecule has 0 unspecified atom stereocenters. The maximum Gasteiger partial charge on any atom is 0.0760 e. The van der Waals surface area contributed by atoms with Gasteiger partial charge in [0.1, 0.15) is 0 Å². The summed E-state index contributed by atoms with van der Waals surface area (Å²) in [5.74, 6) is 0. The van der Waals surface area contributed by atoms with Crippen molar-refractivity contribution in [3.63, 3.8) is 0 Å². The Kier molecular flexibility index (Phi) is 2.22. The molecular weight excluding hydrogens is 195 g/mol. The summed E-state index contributed by atoms with van der Waals surface area (Å²) < 4.78 is 0. The summed E-state index contributed by atoms with van der Waals surface area (Å²) in [6, 6.07) is 2.06. The van der Waals surface area contributed by atoms with E-state index >= 15 is 0 Å². The van der Waals surface area contributed by atoms with Crippen molar-refractivity contribution in [2.75, 3.05) is 6.54 Å². The van der Waals surface area contributed by atoms with Crippen LogP contribution >= 0.6 is 23.2 Å². The molecule has 1 aliphatic heterocycles. The highest BCUT2D eigenvalue weighted by molar-refractivity contribution is 6.34. The van der Waals surface area contributed by atoms with Crippen molar-refractivity contribution in [3.05, 3.63) is 28.0 Å². The molecular formula is C8H8Cl2N2. The molecule has 0 aliphatic carbocycles. The molecule has 64 valence electrons. The largest absolute Gasteiger partial charge is 0.308 e. The smallest absolute Gasteiger partial charge is 0.0760 e. The Labute approximate surface area is 80.9 Å². The van der Waals surface area contributed by atoms with Crippen LogP contribution in [0.1, 0.15) is 18.2 Å². The fraction of sp³-hybridized carbons (Fsp3) is 0.375. The van der Waals surface area contributed by atoms with E-state index in [2.05, 4.69) is 10.3 Å². The molecule has 0 aromatic carbocycles. The summed E-state index contributed by atoms with van der Waals surface area (Å²) in [4.78, 5) is 4.17. The van der Waals surface area contributed by atoms with E-state index < -0.39 is 0 Å². The molecule has 0 bridgehead atoms. The van der Waals surface area contributed by atoms with Gasteiger partial charge in [-0.05, 0) is 19.0 Å². The van der Waals surface area contributed by atoms with Gasteiger partial charge in [-0.25, -0.2) is 0 Å². The predicted octanol–water partition coefficient (Wildman–Crippen LogP) is 2.42. The van der Waals surface area contributed by atoms with Crippen molar-refractivity contribution in [1.82, 2.24) is 10.3 Å². The Hall–Kier alpha value is -0.310. The lowest BCUT2D eigenvalue weighted by Crippen LogP contribution is -2.35. The number of halogens is 2. The second-order valence-electron chi connectivity index (χ2n) is 2.82. The third-order valence-electron chi connectivity index (χ3n) is 1.99. The fourth-order valence-corrected chi connectivity index (χ4v) is 1.72. The first-order chi connectivity index (χ1) is 5.77. The molecule has 2 heterocycles. The van der Waals surface area contributed by atoms with Gasteiger partial charge in [-0.1, -0.05) is 23.2 Å². The molecule has 1 saturated heterocycles. The molecule has 2 rings (SSSR count). The van der Waals surface area contributed by atoms with Gasteiger partial charge in [0.25, 0.3) is 0 Å². The standard InChI is InChI=1S/C8H8Cl2N2/c9-5-3-6(10)8(12-4-5)7-1-2-11-7/h3-4,7,11H,1-2H2/t7-/m0/s1. The van der Waals surface area contributed by atoms with Crippen molar-refractivity contribution in [2.45, 2.75) is 12.5 Å². The van der Waals surface area contributed by atoms with Crippen LogP contribution in [0.2, 0.25) is 10.0 Å². The predicted molar refractivity (Wildman–Crippen MR) is 49.6 cm³/mol. The molecule has 1 fully saturated rings. The van der Waals surface area contributed by atoms with Crippen molar-refractivity contribution in [3.8, 4) is 0 Å². The summed E-state index contributed by atoms with van der Waals surface area (Å²) in [5, 5.41) is 4.47. The van der Waals surface area contributed by atoms with Gasteiger partial charge in [-0.2, -0.15) is 0 Å². The van der Waals surface area contributed by atoms with E-state index in [-0.39, 0.29) is 0 Å². The summed E-state index contributed by atoms with van der Waals surface area (Å²) in [6.07, 6.45) is 2.73.